The van der Waals surface area contributed by atoms with Crippen LogP contribution < -0.4 is 10.6 Å². The lowest BCUT2D eigenvalue weighted by atomic mass is 10.2. The van der Waals surface area contributed by atoms with Crippen molar-refractivity contribution < 1.29 is 18.6 Å². The molecule has 1 aromatic carbocycles. The van der Waals surface area contributed by atoms with E-state index in [1.165, 1.54) is 31.0 Å². The molecule has 3 heterocycles. The van der Waals surface area contributed by atoms with Crippen LogP contribution in [0.4, 0.5) is 27.5 Å². The van der Waals surface area contributed by atoms with Gasteiger partial charge in [-0.1, -0.05) is 0 Å². The van der Waals surface area contributed by atoms with E-state index in [-0.39, 0.29) is 24.6 Å². The molecule has 4 aromatic rings. The third kappa shape index (κ3) is 7.44. The van der Waals surface area contributed by atoms with Gasteiger partial charge in [0.2, 0.25) is 12.2 Å². The number of quaternary nitrogens is 1. The summed E-state index contributed by atoms with van der Waals surface area (Å²) in [6, 6.07) is 8.13. The normalized spacial score (nSPS) is 11.5. The highest BCUT2D eigenvalue weighted by Crippen LogP contribution is 2.27. The summed E-state index contributed by atoms with van der Waals surface area (Å²) in [4.78, 5) is 40.2. The maximum Gasteiger partial charge on any atom is 0.390 e. The van der Waals surface area contributed by atoms with Crippen LogP contribution in [0.2, 0.25) is 0 Å². The minimum atomic E-state index is -0.539. The van der Waals surface area contributed by atoms with Gasteiger partial charge in [0.15, 0.2) is 5.69 Å². The van der Waals surface area contributed by atoms with E-state index in [0.717, 1.165) is 0 Å². The Bertz CT molecular complexity index is 1680. The Morgan fingerprint density at radius 3 is 2.80 bits per heavy atom. The van der Waals surface area contributed by atoms with Gasteiger partial charge in [0, 0.05) is 23.7 Å². The van der Waals surface area contributed by atoms with Gasteiger partial charge in [-0.25, -0.2) is 19.3 Å². The number of hydrogen-bond acceptors (Lipinski definition) is 9. The summed E-state index contributed by atoms with van der Waals surface area (Å²) < 4.78 is 15.8. The fourth-order valence-electron chi connectivity index (χ4n) is 3.99. The number of halogens is 2. The van der Waals surface area contributed by atoms with Gasteiger partial charge in [-0.15, -0.1) is 0 Å². The SMILES string of the molecule is C[N+](C)(CC=CC(=O)Nc1cc2c(Nc3ccc(F)c(Br)c3)ncnc2cn1)Cc1c([N+](=O)[O-])ncn1CCC#N. The van der Waals surface area contributed by atoms with Gasteiger partial charge in [0.1, 0.15) is 30.3 Å². The number of carbonyl (C=O) groups is 1. The fourth-order valence-corrected chi connectivity index (χ4v) is 4.37. The van der Waals surface area contributed by atoms with Crippen molar-refractivity contribution in [1.82, 2.24) is 24.5 Å². The summed E-state index contributed by atoms with van der Waals surface area (Å²) in [7, 11) is 3.74. The molecule has 0 spiro atoms. The van der Waals surface area contributed by atoms with E-state index >= 15 is 0 Å². The fraction of sp³-hybridized carbons (Fsp3) is 0.231. The second kappa shape index (κ2) is 12.6. The number of amides is 1. The molecule has 210 valence electrons. The number of likely N-dealkylation sites (N-methyl/N-ethyl adjacent to an activating group) is 1. The zero-order chi connectivity index (χ0) is 29.6. The third-order valence-corrected chi connectivity index (χ3v) is 6.57. The quantitative estimate of drug-likeness (QED) is 0.106. The highest BCUT2D eigenvalue weighted by atomic mass is 79.9. The molecule has 0 bridgehead atoms. The van der Waals surface area contributed by atoms with Crippen molar-refractivity contribution in [2.24, 2.45) is 0 Å². The Balaban J connectivity index is 1.43. The van der Waals surface area contributed by atoms with Gasteiger partial charge < -0.3 is 29.8 Å². The number of fused-ring (bicyclic) bond motifs is 1. The molecule has 0 unspecified atom stereocenters. The predicted molar refractivity (Wildman–Crippen MR) is 152 cm³/mol. The number of imidazole rings is 1. The minimum Gasteiger partial charge on any atom is -0.358 e. The summed E-state index contributed by atoms with van der Waals surface area (Å²) in [6.45, 7) is 0.946. The van der Waals surface area contributed by atoms with Crippen LogP contribution in [0, 0.1) is 27.3 Å². The number of hydrogen-bond donors (Lipinski definition) is 2. The van der Waals surface area contributed by atoms with E-state index < -0.39 is 16.6 Å². The molecule has 13 nitrogen and oxygen atoms in total. The molecule has 1 amide bonds. The molecule has 2 N–H and O–H groups in total. The molecule has 41 heavy (non-hydrogen) atoms. The molecule has 4 rings (SSSR count). The van der Waals surface area contributed by atoms with Crippen molar-refractivity contribution >= 4 is 55.9 Å². The molecule has 15 heteroatoms. The molecule has 3 aromatic heterocycles. The summed E-state index contributed by atoms with van der Waals surface area (Å²) in [5, 5.41) is 26.8. The average Bonchev–Trinajstić information content (AvgIpc) is 3.31. The van der Waals surface area contributed by atoms with Crippen LogP contribution in [-0.2, 0) is 17.9 Å². The van der Waals surface area contributed by atoms with Gasteiger partial charge in [0.05, 0.1) is 49.3 Å². The number of aryl methyl sites for hydroxylation is 1. The van der Waals surface area contributed by atoms with E-state index in [2.05, 4.69) is 46.5 Å². The largest absolute Gasteiger partial charge is 0.390 e. The number of rotatable bonds is 11. The summed E-state index contributed by atoms with van der Waals surface area (Å²) in [6.07, 6.45) is 7.48. The molecule has 0 saturated carbocycles. The van der Waals surface area contributed by atoms with Gasteiger partial charge in [-0.2, -0.15) is 5.26 Å². The number of benzene rings is 1. The Labute approximate surface area is 242 Å². The standard InChI is InChI=1S/C26H24BrFN10O3/c1-38(2,14-22-26(37(40)41)33-16-36(22)9-4-8-29)10-3-5-24(39)35-23-12-18-21(13-30-23)31-15-32-25(18)34-17-6-7-20(28)19(27)11-17/h3,5-7,11-13,15-16H,4,9-10,14H2,1-2H3,(H-,30,31,32,34,35,39)/p+1. The zero-order valence-electron chi connectivity index (χ0n) is 22.1. The lowest BCUT2D eigenvalue weighted by molar-refractivity contribution is -0.898. The molecular weight excluding hydrogens is 599 g/mol. The number of carbonyl (C=O) groups excluding carboxylic acids is 1. The van der Waals surface area contributed by atoms with Crippen LogP contribution in [0.15, 0.2) is 59.7 Å². The number of nitrogens with zero attached hydrogens (tertiary/aromatic N) is 8. The second-order valence-electron chi connectivity index (χ2n) is 9.60. The van der Waals surface area contributed by atoms with Gasteiger partial charge in [0.25, 0.3) is 0 Å². The Hall–Kier alpha value is -4.81. The van der Waals surface area contributed by atoms with Crippen LogP contribution in [0.5, 0.6) is 0 Å². The predicted octanol–water partition coefficient (Wildman–Crippen LogP) is 4.46. The summed E-state index contributed by atoms with van der Waals surface area (Å²) >= 11 is 3.16. The topological polar surface area (TPSA) is 165 Å². The van der Waals surface area contributed by atoms with Crippen LogP contribution in [0.3, 0.4) is 0 Å². The van der Waals surface area contributed by atoms with Crippen molar-refractivity contribution in [2.45, 2.75) is 19.5 Å². The number of nitro groups is 1. The molecule has 0 aliphatic rings. The first-order valence-electron chi connectivity index (χ1n) is 12.2. The zero-order valence-corrected chi connectivity index (χ0v) is 23.7. The highest BCUT2D eigenvalue weighted by molar-refractivity contribution is 9.10. The maximum absolute atomic E-state index is 13.6. The number of nitrogens with one attached hydrogen (secondary N) is 2. The monoisotopic (exact) mass is 623 g/mol. The van der Waals surface area contributed by atoms with Crippen molar-refractivity contribution in [2.75, 3.05) is 31.3 Å². The molecule has 0 aliphatic heterocycles. The third-order valence-electron chi connectivity index (χ3n) is 5.96. The van der Waals surface area contributed by atoms with Gasteiger partial charge in [-0.05, 0) is 56.2 Å². The van der Waals surface area contributed by atoms with Crippen molar-refractivity contribution in [3.63, 3.8) is 0 Å². The van der Waals surface area contributed by atoms with Crippen LogP contribution in [-0.4, -0.2) is 60.5 Å². The molecule has 0 atom stereocenters. The highest BCUT2D eigenvalue weighted by Gasteiger charge is 2.28. The first kappa shape index (κ1) is 29.2. The van der Waals surface area contributed by atoms with Crippen LogP contribution in [0.25, 0.3) is 10.9 Å². The van der Waals surface area contributed by atoms with E-state index in [0.29, 0.717) is 50.1 Å². The first-order valence-corrected chi connectivity index (χ1v) is 13.0. The van der Waals surface area contributed by atoms with E-state index in [4.69, 9.17) is 5.26 Å². The lowest BCUT2D eigenvalue weighted by Crippen LogP contribution is -2.39. The van der Waals surface area contributed by atoms with E-state index in [9.17, 15) is 19.3 Å². The van der Waals surface area contributed by atoms with Gasteiger partial charge in [-0.3, -0.25) is 4.79 Å². The lowest BCUT2D eigenvalue weighted by Gasteiger charge is -2.28. The number of pyridine rings is 1. The first-order chi connectivity index (χ1) is 19.6. The number of aromatic nitrogens is 5. The number of anilines is 3. The van der Waals surface area contributed by atoms with E-state index in [1.54, 1.807) is 28.8 Å². The van der Waals surface area contributed by atoms with Crippen LogP contribution in [0.1, 0.15) is 12.1 Å². The molecule has 0 aliphatic carbocycles. The second-order valence-corrected chi connectivity index (χ2v) is 10.5. The maximum atomic E-state index is 13.6. The summed E-state index contributed by atoms with van der Waals surface area (Å²) in [5.74, 6) is -0.338. The Morgan fingerprint density at radius 2 is 2.07 bits per heavy atom. The van der Waals surface area contributed by atoms with Crippen molar-refractivity contribution in [1.29, 1.82) is 5.26 Å². The van der Waals surface area contributed by atoms with Gasteiger partial charge >= 0.3 is 5.82 Å². The average molecular weight is 624 g/mol. The summed E-state index contributed by atoms with van der Waals surface area (Å²) in [5.41, 5.74) is 1.55. The van der Waals surface area contributed by atoms with Crippen molar-refractivity contribution in [3.8, 4) is 6.07 Å². The Kier molecular flexibility index (Phi) is 8.95. The minimum absolute atomic E-state index is 0.199. The van der Waals surface area contributed by atoms with Crippen LogP contribution >= 0.6 is 15.9 Å². The molecular formula is C26H25BrFN10O3+. The Morgan fingerprint density at radius 1 is 1.27 bits per heavy atom. The van der Waals surface area contributed by atoms with E-state index in [1.807, 2.05) is 20.2 Å². The van der Waals surface area contributed by atoms with Crippen molar-refractivity contribution in [3.05, 3.63) is 81.4 Å². The molecule has 0 saturated heterocycles. The number of nitriles is 1. The smallest absolute Gasteiger partial charge is 0.358 e. The molecule has 0 fully saturated rings. The molecule has 0 radical (unpaired) electrons.